The predicted molar refractivity (Wildman–Crippen MR) is 72.5 cm³/mol. The van der Waals surface area contributed by atoms with Gasteiger partial charge >= 0.3 is 0 Å². The second-order valence-electron chi connectivity index (χ2n) is 5.17. The largest absolute Gasteiger partial charge is 0.441 e. The van der Waals surface area contributed by atoms with Gasteiger partial charge in [-0.25, -0.2) is 4.98 Å². The summed E-state index contributed by atoms with van der Waals surface area (Å²) in [6, 6.07) is 8.02. The molecule has 3 rings (SSSR count). The van der Waals surface area contributed by atoms with Crippen LogP contribution in [-0.4, -0.2) is 22.3 Å². The number of carbonyl (C=O) groups is 1. The van der Waals surface area contributed by atoms with Crippen molar-refractivity contribution >= 4 is 17.0 Å². The number of carbonyl (C=O) groups excluding carboxylic acids is 1. The van der Waals surface area contributed by atoms with E-state index in [1.54, 1.807) is 4.90 Å². The first-order valence-corrected chi connectivity index (χ1v) is 6.69. The van der Waals surface area contributed by atoms with Crippen LogP contribution >= 0.6 is 0 Å². The Bertz CT molecular complexity index is 699. The molecule has 2 aromatic rings. The summed E-state index contributed by atoms with van der Waals surface area (Å²) in [5.74, 6) is 0.699. The monoisotopic (exact) mass is 269 g/mol. The summed E-state index contributed by atoms with van der Waals surface area (Å²) < 4.78 is 5.50. The third kappa shape index (κ3) is 2.37. The number of amides is 1. The van der Waals surface area contributed by atoms with E-state index in [0.717, 1.165) is 16.7 Å². The Hall–Kier alpha value is -2.35. The number of rotatable bonds is 2. The molecule has 1 aromatic heterocycles. The molecule has 1 aliphatic heterocycles. The van der Waals surface area contributed by atoms with E-state index in [1.165, 1.54) is 0 Å². The van der Waals surface area contributed by atoms with Crippen LogP contribution in [0.4, 0.5) is 0 Å². The van der Waals surface area contributed by atoms with Crippen molar-refractivity contribution in [1.82, 2.24) is 9.88 Å². The second kappa shape index (κ2) is 4.97. The first-order chi connectivity index (χ1) is 9.65. The van der Waals surface area contributed by atoms with Crippen LogP contribution in [0.2, 0.25) is 0 Å². The minimum atomic E-state index is -0.0519. The summed E-state index contributed by atoms with van der Waals surface area (Å²) >= 11 is 0. The summed E-state index contributed by atoms with van der Waals surface area (Å²) in [5.41, 5.74) is 2.56. The number of hydrogen-bond acceptors (Lipinski definition) is 4. The van der Waals surface area contributed by atoms with Gasteiger partial charge in [-0.15, -0.1) is 0 Å². The fourth-order valence-corrected chi connectivity index (χ4v) is 2.58. The maximum Gasteiger partial charge on any atom is 0.222 e. The van der Waals surface area contributed by atoms with Crippen LogP contribution in [-0.2, 0) is 11.3 Å². The third-order valence-electron chi connectivity index (χ3n) is 3.62. The number of hydrogen-bond donors (Lipinski definition) is 0. The predicted octanol–water partition coefficient (Wildman–Crippen LogP) is 2.40. The zero-order valence-corrected chi connectivity index (χ0v) is 11.3. The molecule has 0 N–H and O–H groups in total. The number of oxazole rings is 1. The average molecular weight is 269 g/mol. The van der Waals surface area contributed by atoms with E-state index in [1.807, 2.05) is 25.1 Å². The molecule has 1 saturated heterocycles. The van der Waals surface area contributed by atoms with Crippen molar-refractivity contribution in [1.29, 1.82) is 5.26 Å². The normalized spacial score (nSPS) is 19.3. The number of aromatic nitrogens is 1. The summed E-state index contributed by atoms with van der Waals surface area (Å²) in [7, 11) is 0. The standard InChI is InChI=1S/C15H15N3O2/c1-10-17-13-4-2-11(6-14(13)20-10)8-18-9-12(7-16)3-5-15(18)19/h2,4,6,12H,3,5,8-9H2,1H3. The molecule has 0 aliphatic carbocycles. The lowest BCUT2D eigenvalue weighted by Gasteiger charge is -2.29. The zero-order chi connectivity index (χ0) is 14.1. The molecule has 5 nitrogen and oxygen atoms in total. The van der Waals surface area contributed by atoms with Gasteiger partial charge < -0.3 is 9.32 Å². The number of fused-ring (bicyclic) bond motifs is 1. The van der Waals surface area contributed by atoms with Crippen molar-refractivity contribution in [3.63, 3.8) is 0 Å². The van der Waals surface area contributed by atoms with Crippen LogP contribution in [0.5, 0.6) is 0 Å². The Kier molecular flexibility index (Phi) is 3.15. The maximum absolute atomic E-state index is 11.9. The molecule has 0 bridgehead atoms. The van der Waals surface area contributed by atoms with Crippen LogP contribution < -0.4 is 0 Å². The number of piperidine rings is 1. The van der Waals surface area contributed by atoms with E-state index >= 15 is 0 Å². The first-order valence-electron chi connectivity index (χ1n) is 6.69. The van der Waals surface area contributed by atoms with Gasteiger partial charge in [0.15, 0.2) is 11.5 Å². The van der Waals surface area contributed by atoms with Crippen molar-refractivity contribution in [3.05, 3.63) is 29.7 Å². The van der Waals surface area contributed by atoms with Gasteiger partial charge in [-0.1, -0.05) is 6.07 Å². The SMILES string of the molecule is Cc1nc2ccc(CN3CC(C#N)CCC3=O)cc2o1. The Morgan fingerprint density at radius 2 is 2.40 bits per heavy atom. The molecule has 1 aliphatic rings. The number of nitrogens with zero attached hydrogens (tertiary/aromatic N) is 3. The minimum absolute atomic E-state index is 0.0519. The van der Waals surface area contributed by atoms with Crippen molar-refractivity contribution in [2.24, 2.45) is 5.92 Å². The highest BCUT2D eigenvalue weighted by Crippen LogP contribution is 2.21. The third-order valence-corrected chi connectivity index (χ3v) is 3.62. The fourth-order valence-electron chi connectivity index (χ4n) is 2.58. The van der Waals surface area contributed by atoms with Crippen molar-refractivity contribution in [3.8, 4) is 6.07 Å². The van der Waals surface area contributed by atoms with Gasteiger partial charge in [0.25, 0.3) is 0 Å². The van der Waals surface area contributed by atoms with Crippen LogP contribution in [0.3, 0.4) is 0 Å². The van der Waals surface area contributed by atoms with Crippen molar-refractivity contribution < 1.29 is 9.21 Å². The molecular weight excluding hydrogens is 254 g/mol. The summed E-state index contributed by atoms with van der Waals surface area (Å²) in [5, 5.41) is 8.99. The average Bonchev–Trinajstić information content (AvgIpc) is 2.80. The molecule has 1 unspecified atom stereocenters. The molecule has 1 fully saturated rings. The van der Waals surface area contributed by atoms with Gasteiger partial charge in [-0.2, -0.15) is 5.26 Å². The van der Waals surface area contributed by atoms with Gasteiger partial charge in [0, 0.05) is 26.4 Å². The Balaban J connectivity index is 1.81. The Labute approximate surface area is 116 Å². The molecule has 1 aromatic carbocycles. The van der Waals surface area contributed by atoms with Gasteiger partial charge in [0.2, 0.25) is 5.91 Å². The minimum Gasteiger partial charge on any atom is -0.441 e. The number of nitriles is 1. The number of aryl methyl sites for hydroxylation is 1. The summed E-state index contributed by atoms with van der Waals surface area (Å²) in [6.45, 7) is 2.85. The molecule has 0 radical (unpaired) electrons. The summed E-state index contributed by atoms with van der Waals surface area (Å²) in [6.07, 6.45) is 1.13. The second-order valence-corrected chi connectivity index (χ2v) is 5.17. The molecule has 102 valence electrons. The van der Waals surface area contributed by atoms with Crippen LogP contribution in [0.1, 0.15) is 24.3 Å². The van der Waals surface area contributed by atoms with Gasteiger partial charge in [-0.3, -0.25) is 4.79 Å². The quantitative estimate of drug-likeness (QED) is 0.839. The van der Waals surface area contributed by atoms with Crippen LogP contribution in [0, 0.1) is 24.2 Å². The topological polar surface area (TPSA) is 70.1 Å². The highest BCUT2D eigenvalue weighted by molar-refractivity contribution is 5.77. The molecule has 0 spiro atoms. The van der Waals surface area contributed by atoms with Gasteiger partial charge in [-0.05, 0) is 24.1 Å². The highest BCUT2D eigenvalue weighted by Gasteiger charge is 2.25. The van der Waals surface area contributed by atoms with E-state index in [9.17, 15) is 4.79 Å². The molecule has 0 saturated carbocycles. The van der Waals surface area contributed by atoms with Gasteiger partial charge in [0.05, 0.1) is 12.0 Å². The molecule has 2 heterocycles. The van der Waals surface area contributed by atoms with E-state index < -0.39 is 0 Å². The van der Waals surface area contributed by atoms with E-state index in [2.05, 4.69) is 11.1 Å². The van der Waals surface area contributed by atoms with E-state index in [0.29, 0.717) is 31.8 Å². The van der Waals surface area contributed by atoms with E-state index in [4.69, 9.17) is 9.68 Å². The fraction of sp³-hybridized carbons (Fsp3) is 0.400. The smallest absolute Gasteiger partial charge is 0.222 e. The Morgan fingerprint density at radius 3 is 3.20 bits per heavy atom. The van der Waals surface area contributed by atoms with Crippen molar-refractivity contribution in [2.45, 2.75) is 26.3 Å². The first kappa shape index (κ1) is 12.7. The number of likely N-dealkylation sites (tertiary alicyclic amines) is 1. The molecule has 20 heavy (non-hydrogen) atoms. The molecule has 1 atom stereocenters. The van der Waals surface area contributed by atoms with Crippen LogP contribution in [0.15, 0.2) is 22.6 Å². The zero-order valence-electron chi connectivity index (χ0n) is 11.3. The highest BCUT2D eigenvalue weighted by atomic mass is 16.3. The maximum atomic E-state index is 11.9. The van der Waals surface area contributed by atoms with Crippen molar-refractivity contribution in [2.75, 3.05) is 6.54 Å². The number of benzene rings is 1. The Morgan fingerprint density at radius 1 is 1.55 bits per heavy atom. The molecule has 5 heteroatoms. The summed E-state index contributed by atoms with van der Waals surface area (Å²) in [4.78, 5) is 17.9. The lowest BCUT2D eigenvalue weighted by molar-refractivity contribution is -0.134. The lowest BCUT2D eigenvalue weighted by atomic mass is 9.98. The lowest BCUT2D eigenvalue weighted by Crippen LogP contribution is -2.38. The van der Waals surface area contributed by atoms with Gasteiger partial charge in [0.1, 0.15) is 5.52 Å². The van der Waals surface area contributed by atoms with E-state index in [-0.39, 0.29) is 11.8 Å². The molecule has 1 amide bonds. The molecular formula is C15H15N3O2. The van der Waals surface area contributed by atoms with Crippen LogP contribution in [0.25, 0.3) is 11.1 Å².